The van der Waals surface area contributed by atoms with E-state index >= 15 is 0 Å². The summed E-state index contributed by atoms with van der Waals surface area (Å²) >= 11 is 0. The van der Waals surface area contributed by atoms with Gasteiger partial charge in [0.15, 0.2) is 0 Å². The summed E-state index contributed by atoms with van der Waals surface area (Å²) in [5, 5.41) is 5.64. The van der Waals surface area contributed by atoms with E-state index in [1.807, 2.05) is 0 Å². The van der Waals surface area contributed by atoms with Gasteiger partial charge < -0.3 is 10.6 Å². The van der Waals surface area contributed by atoms with Crippen LogP contribution in [0, 0.1) is 5.92 Å². The van der Waals surface area contributed by atoms with Crippen LogP contribution in [-0.2, 0) is 9.59 Å². The van der Waals surface area contributed by atoms with Crippen LogP contribution in [0.25, 0.3) is 0 Å². The number of carbonyl (C=O) groups is 2. The Morgan fingerprint density at radius 1 is 0.864 bits per heavy atom. The molecule has 0 bridgehead atoms. The summed E-state index contributed by atoms with van der Waals surface area (Å²) in [7, 11) is 0. The third-order valence-electron chi connectivity index (χ3n) is 3.74. The van der Waals surface area contributed by atoms with E-state index in [0.29, 0.717) is 5.92 Å². The van der Waals surface area contributed by atoms with E-state index in [1.165, 1.54) is 12.5 Å². The van der Waals surface area contributed by atoms with Gasteiger partial charge in [-0.05, 0) is 29.9 Å². The zero-order valence-corrected chi connectivity index (χ0v) is 14.4. The summed E-state index contributed by atoms with van der Waals surface area (Å²) in [6.45, 7) is 11.6. The van der Waals surface area contributed by atoms with Gasteiger partial charge in [0.2, 0.25) is 11.8 Å². The van der Waals surface area contributed by atoms with Crippen LogP contribution in [0.15, 0.2) is 24.3 Å². The lowest BCUT2D eigenvalue weighted by Gasteiger charge is -2.25. The second-order valence-electron chi connectivity index (χ2n) is 6.47. The molecule has 0 spiro atoms. The number of hydrogen-bond donors (Lipinski definition) is 2. The molecule has 0 saturated carbocycles. The monoisotopic (exact) mass is 304 g/mol. The first-order chi connectivity index (χ1) is 10.2. The number of nitrogens with one attached hydrogen (secondary N) is 2. The van der Waals surface area contributed by atoms with Gasteiger partial charge in [-0.3, -0.25) is 9.59 Å². The molecule has 2 atom stereocenters. The molecule has 0 aliphatic carbocycles. The SMILES string of the molecule is CC(=O)NC(C)C(=O)NC(c1ccc(C(C)C)cc1)C(C)C. The fourth-order valence-electron chi connectivity index (χ4n) is 2.37. The van der Waals surface area contributed by atoms with Crippen molar-refractivity contribution in [2.24, 2.45) is 5.92 Å². The van der Waals surface area contributed by atoms with Crippen molar-refractivity contribution < 1.29 is 9.59 Å². The van der Waals surface area contributed by atoms with E-state index in [4.69, 9.17) is 0 Å². The zero-order valence-electron chi connectivity index (χ0n) is 14.4. The molecule has 0 aromatic heterocycles. The standard InChI is InChI=1S/C18H28N2O2/c1-11(2)15-7-9-16(10-8-15)17(12(3)4)20-18(22)13(5)19-14(6)21/h7-13,17H,1-6H3,(H,19,21)(H,20,22). The Balaban J connectivity index is 2.85. The van der Waals surface area contributed by atoms with Crippen LogP contribution in [-0.4, -0.2) is 17.9 Å². The van der Waals surface area contributed by atoms with Gasteiger partial charge in [0.25, 0.3) is 0 Å². The highest BCUT2D eigenvalue weighted by atomic mass is 16.2. The lowest BCUT2D eigenvalue weighted by molar-refractivity contribution is -0.128. The Kier molecular flexibility index (Phi) is 6.60. The Hall–Kier alpha value is -1.84. The van der Waals surface area contributed by atoms with Crippen molar-refractivity contribution in [3.05, 3.63) is 35.4 Å². The molecule has 22 heavy (non-hydrogen) atoms. The van der Waals surface area contributed by atoms with E-state index < -0.39 is 6.04 Å². The van der Waals surface area contributed by atoms with Crippen LogP contribution < -0.4 is 10.6 Å². The van der Waals surface area contributed by atoms with Gasteiger partial charge in [-0.25, -0.2) is 0 Å². The molecule has 0 fully saturated rings. The molecule has 0 aliphatic heterocycles. The topological polar surface area (TPSA) is 58.2 Å². The highest BCUT2D eigenvalue weighted by Gasteiger charge is 2.22. The molecule has 1 aromatic carbocycles. The van der Waals surface area contributed by atoms with Gasteiger partial charge in [-0.1, -0.05) is 52.0 Å². The Morgan fingerprint density at radius 2 is 1.36 bits per heavy atom. The number of rotatable bonds is 6. The normalized spacial score (nSPS) is 13.8. The van der Waals surface area contributed by atoms with E-state index in [0.717, 1.165) is 5.56 Å². The molecule has 0 radical (unpaired) electrons. The molecule has 0 heterocycles. The van der Waals surface area contributed by atoms with Gasteiger partial charge in [0, 0.05) is 6.92 Å². The maximum absolute atomic E-state index is 12.2. The molecule has 4 heteroatoms. The van der Waals surface area contributed by atoms with Crippen LogP contribution >= 0.6 is 0 Å². The van der Waals surface area contributed by atoms with E-state index in [2.05, 4.69) is 62.6 Å². The van der Waals surface area contributed by atoms with Gasteiger partial charge in [0.1, 0.15) is 6.04 Å². The summed E-state index contributed by atoms with van der Waals surface area (Å²) in [5.74, 6) is 0.381. The van der Waals surface area contributed by atoms with E-state index in [1.54, 1.807) is 6.92 Å². The summed E-state index contributed by atoms with van der Waals surface area (Å²) in [6, 6.07) is 7.77. The van der Waals surface area contributed by atoms with Crippen LogP contribution in [0.3, 0.4) is 0 Å². The predicted molar refractivity (Wildman–Crippen MR) is 89.5 cm³/mol. The Labute approximate surface area is 133 Å². The smallest absolute Gasteiger partial charge is 0.242 e. The lowest BCUT2D eigenvalue weighted by atomic mass is 9.93. The second kappa shape index (κ2) is 7.97. The predicted octanol–water partition coefficient (Wildman–Crippen LogP) is 3.15. The highest BCUT2D eigenvalue weighted by molar-refractivity contribution is 5.86. The average molecular weight is 304 g/mol. The van der Waals surface area contributed by atoms with Gasteiger partial charge >= 0.3 is 0 Å². The van der Waals surface area contributed by atoms with E-state index in [9.17, 15) is 9.59 Å². The molecule has 2 amide bonds. The maximum Gasteiger partial charge on any atom is 0.242 e. The summed E-state index contributed by atoms with van der Waals surface area (Å²) in [4.78, 5) is 23.3. The van der Waals surface area contributed by atoms with E-state index in [-0.39, 0.29) is 23.8 Å². The summed E-state index contributed by atoms with van der Waals surface area (Å²) in [5.41, 5.74) is 2.37. The third-order valence-corrected chi connectivity index (χ3v) is 3.74. The van der Waals surface area contributed by atoms with Gasteiger partial charge in [0.05, 0.1) is 6.04 Å². The molecule has 0 aliphatic rings. The van der Waals surface area contributed by atoms with Crippen molar-refractivity contribution in [3.63, 3.8) is 0 Å². The van der Waals surface area contributed by atoms with Gasteiger partial charge in [-0.2, -0.15) is 0 Å². The molecular weight excluding hydrogens is 276 g/mol. The first-order valence-electron chi connectivity index (χ1n) is 7.89. The summed E-state index contributed by atoms with van der Waals surface area (Å²) in [6.07, 6.45) is 0. The average Bonchev–Trinajstić information content (AvgIpc) is 2.43. The molecule has 2 unspecified atom stereocenters. The first kappa shape index (κ1) is 18.2. The Morgan fingerprint density at radius 3 is 1.77 bits per heavy atom. The number of hydrogen-bond acceptors (Lipinski definition) is 2. The van der Waals surface area contributed by atoms with Crippen molar-refractivity contribution in [2.75, 3.05) is 0 Å². The number of carbonyl (C=O) groups excluding carboxylic acids is 2. The van der Waals surface area contributed by atoms with Crippen molar-refractivity contribution in [1.29, 1.82) is 0 Å². The minimum Gasteiger partial charge on any atom is -0.347 e. The van der Waals surface area contributed by atoms with Crippen LogP contribution in [0.2, 0.25) is 0 Å². The minimum absolute atomic E-state index is 0.0649. The molecule has 122 valence electrons. The van der Waals surface area contributed by atoms with Crippen molar-refractivity contribution in [3.8, 4) is 0 Å². The zero-order chi connectivity index (χ0) is 16.9. The largest absolute Gasteiger partial charge is 0.347 e. The molecular formula is C18H28N2O2. The van der Waals surface area contributed by atoms with Crippen molar-refractivity contribution >= 4 is 11.8 Å². The molecule has 1 rings (SSSR count). The first-order valence-corrected chi connectivity index (χ1v) is 7.89. The summed E-state index contributed by atoms with van der Waals surface area (Å²) < 4.78 is 0. The fraction of sp³-hybridized carbons (Fsp3) is 0.556. The second-order valence-corrected chi connectivity index (χ2v) is 6.47. The third kappa shape index (κ3) is 5.17. The minimum atomic E-state index is -0.534. The fourth-order valence-corrected chi connectivity index (χ4v) is 2.37. The van der Waals surface area contributed by atoms with Crippen LogP contribution in [0.4, 0.5) is 0 Å². The van der Waals surface area contributed by atoms with Crippen LogP contribution in [0.1, 0.15) is 64.6 Å². The number of amides is 2. The van der Waals surface area contributed by atoms with Gasteiger partial charge in [-0.15, -0.1) is 0 Å². The van der Waals surface area contributed by atoms with Crippen molar-refractivity contribution in [1.82, 2.24) is 10.6 Å². The molecule has 2 N–H and O–H groups in total. The molecule has 4 nitrogen and oxygen atoms in total. The lowest BCUT2D eigenvalue weighted by Crippen LogP contribution is -2.46. The maximum atomic E-state index is 12.2. The molecule has 1 aromatic rings. The highest BCUT2D eigenvalue weighted by Crippen LogP contribution is 2.24. The Bertz CT molecular complexity index is 506. The quantitative estimate of drug-likeness (QED) is 0.848. The van der Waals surface area contributed by atoms with Crippen molar-refractivity contribution in [2.45, 2.75) is 59.5 Å². The molecule has 0 saturated heterocycles. The van der Waals surface area contributed by atoms with Crippen LogP contribution in [0.5, 0.6) is 0 Å². The number of benzene rings is 1.